The lowest BCUT2D eigenvalue weighted by molar-refractivity contribution is -0.158. The SMILES string of the molecule is CO[C@H]1CC[C@H]2[C@@H]3CC[C@@H]4C[C@@](O)(CCc5ccccc5)CC[C@]4(C)[C@H]3CC[C@]12C. The van der Waals surface area contributed by atoms with E-state index < -0.39 is 5.60 Å². The van der Waals surface area contributed by atoms with Crippen LogP contribution in [0.2, 0.25) is 0 Å². The van der Waals surface area contributed by atoms with Crippen molar-refractivity contribution < 1.29 is 9.84 Å². The molecule has 0 saturated heterocycles. The van der Waals surface area contributed by atoms with Crippen LogP contribution in [0.5, 0.6) is 0 Å². The van der Waals surface area contributed by atoms with Crippen LogP contribution in [0.3, 0.4) is 0 Å². The van der Waals surface area contributed by atoms with Crippen LogP contribution in [0.25, 0.3) is 0 Å². The Morgan fingerprint density at radius 1 is 0.900 bits per heavy atom. The summed E-state index contributed by atoms with van der Waals surface area (Å²) in [5.74, 6) is 3.32. The van der Waals surface area contributed by atoms with Gasteiger partial charge in [0.15, 0.2) is 0 Å². The molecule has 5 rings (SSSR count). The fourth-order valence-electron chi connectivity index (χ4n) is 8.91. The largest absolute Gasteiger partial charge is 0.390 e. The number of aliphatic hydroxyl groups is 1. The highest BCUT2D eigenvalue weighted by Gasteiger charge is 2.61. The van der Waals surface area contributed by atoms with Crippen molar-refractivity contribution in [3.63, 3.8) is 0 Å². The average Bonchev–Trinajstić information content (AvgIpc) is 3.10. The zero-order chi connectivity index (χ0) is 21.0. The summed E-state index contributed by atoms with van der Waals surface area (Å²) < 4.78 is 5.95. The molecule has 0 aromatic heterocycles. The second-order valence-corrected chi connectivity index (χ2v) is 11.9. The molecular weight excluding hydrogens is 368 g/mol. The molecule has 4 aliphatic carbocycles. The van der Waals surface area contributed by atoms with Gasteiger partial charge >= 0.3 is 0 Å². The second kappa shape index (κ2) is 7.62. The van der Waals surface area contributed by atoms with Crippen LogP contribution in [0.1, 0.15) is 83.6 Å². The van der Waals surface area contributed by atoms with Gasteiger partial charge in [0.2, 0.25) is 0 Å². The number of methoxy groups -OCH3 is 1. The first kappa shape index (κ1) is 21.0. The molecule has 0 spiro atoms. The van der Waals surface area contributed by atoms with Crippen molar-refractivity contribution in [3.05, 3.63) is 35.9 Å². The minimum atomic E-state index is -0.454. The molecule has 1 aromatic carbocycles. The molecule has 4 saturated carbocycles. The predicted octanol–water partition coefficient (Wildman–Crippen LogP) is 6.41. The third-order valence-corrected chi connectivity index (χ3v) is 10.7. The summed E-state index contributed by atoms with van der Waals surface area (Å²) in [6.07, 6.45) is 13.7. The maximum absolute atomic E-state index is 11.5. The summed E-state index contributed by atoms with van der Waals surface area (Å²) in [5.41, 5.74) is 1.76. The summed E-state index contributed by atoms with van der Waals surface area (Å²) in [4.78, 5) is 0. The van der Waals surface area contributed by atoms with Crippen molar-refractivity contribution in [3.8, 4) is 0 Å². The summed E-state index contributed by atoms with van der Waals surface area (Å²) in [6, 6.07) is 10.7. The summed E-state index contributed by atoms with van der Waals surface area (Å²) in [6.45, 7) is 5.14. The van der Waals surface area contributed by atoms with E-state index in [2.05, 4.69) is 44.2 Å². The van der Waals surface area contributed by atoms with Crippen LogP contribution in [-0.4, -0.2) is 23.9 Å². The van der Waals surface area contributed by atoms with Gasteiger partial charge in [-0.15, -0.1) is 0 Å². The monoisotopic (exact) mass is 410 g/mol. The third-order valence-electron chi connectivity index (χ3n) is 10.7. The number of aryl methyl sites for hydroxylation is 1. The number of fused-ring (bicyclic) bond motifs is 5. The predicted molar refractivity (Wildman–Crippen MR) is 122 cm³/mol. The van der Waals surface area contributed by atoms with Gasteiger partial charge in [0.25, 0.3) is 0 Å². The highest BCUT2D eigenvalue weighted by atomic mass is 16.5. The van der Waals surface area contributed by atoms with E-state index in [1.54, 1.807) is 0 Å². The van der Waals surface area contributed by atoms with Crippen molar-refractivity contribution >= 4 is 0 Å². The van der Waals surface area contributed by atoms with Crippen LogP contribution in [-0.2, 0) is 11.2 Å². The van der Waals surface area contributed by atoms with Gasteiger partial charge in [0, 0.05) is 7.11 Å². The van der Waals surface area contributed by atoms with E-state index in [0.29, 0.717) is 22.9 Å². The first-order valence-corrected chi connectivity index (χ1v) is 12.7. The van der Waals surface area contributed by atoms with Crippen molar-refractivity contribution in [2.75, 3.05) is 7.11 Å². The smallest absolute Gasteiger partial charge is 0.0654 e. The van der Waals surface area contributed by atoms with Crippen molar-refractivity contribution in [1.29, 1.82) is 0 Å². The summed E-state index contributed by atoms with van der Waals surface area (Å²) >= 11 is 0. The van der Waals surface area contributed by atoms with Gasteiger partial charge < -0.3 is 9.84 Å². The van der Waals surface area contributed by atoms with Crippen molar-refractivity contribution in [2.24, 2.45) is 34.5 Å². The number of hydrogen-bond donors (Lipinski definition) is 1. The Morgan fingerprint density at radius 2 is 1.67 bits per heavy atom. The molecule has 2 nitrogen and oxygen atoms in total. The minimum Gasteiger partial charge on any atom is -0.390 e. The zero-order valence-electron chi connectivity index (χ0n) is 19.4. The van der Waals surface area contributed by atoms with E-state index in [0.717, 1.165) is 43.4 Å². The number of ether oxygens (including phenoxy) is 1. The lowest BCUT2D eigenvalue weighted by Crippen LogP contribution is -2.56. The Labute approximate surface area is 183 Å². The average molecular weight is 411 g/mol. The zero-order valence-corrected chi connectivity index (χ0v) is 19.4. The molecule has 0 bridgehead atoms. The molecule has 8 atom stereocenters. The highest BCUT2D eigenvalue weighted by Crippen LogP contribution is 2.67. The van der Waals surface area contributed by atoms with Gasteiger partial charge in [-0.05, 0) is 111 Å². The van der Waals surface area contributed by atoms with Crippen LogP contribution in [0, 0.1) is 34.5 Å². The topological polar surface area (TPSA) is 29.5 Å². The lowest BCUT2D eigenvalue weighted by Gasteiger charge is -2.62. The molecule has 0 aliphatic heterocycles. The molecule has 2 heteroatoms. The van der Waals surface area contributed by atoms with Gasteiger partial charge in [0.05, 0.1) is 11.7 Å². The quantitative estimate of drug-likeness (QED) is 0.621. The van der Waals surface area contributed by atoms with Gasteiger partial charge in [-0.3, -0.25) is 0 Å². The number of hydrogen-bond acceptors (Lipinski definition) is 2. The maximum atomic E-state index is 11.5. The maximum Gasteiger partial charge on any atom is 0.0654 e. The molecule has 0 amide bonds. The summed E-state index contributed by atoms with van der Waals surface area (Å²) in [5, 5.41) is 11.5. The van der Waals surface area contributed by atoms with Gasteiger partial charge in [-0.1, -0.05) is 44.2 Å². The Balaban J connectivity index is 1.29. The Hall–Kier alpha value is -0.860. The first-order chi connectivity index (χ1) is 14.4. The van der Waals surface area contributed by atoms with Gasteiger partial charge in [-0.2, -0.15) is 0 Å². The fraction of sp³-hybridized carbons (Fsp3) is 0.786. The standard InChI is InChI=1S/C28H42O2/c1-26-17-18-28(29,16-13-20-7-5-4-6-8-20)19-21(26)9-10-22-23-11-12-25(30-3)27(23,2)15-14-24(22)26/h4-8,21-25,29H,9-19H2,1-3H3/t21-,22+,23+,24+,25+,26+,27+,28-/m1/s1. The molecule has 1 N–H and O–H groups in total. The van der Waals surface area contributed by atoms with Crippen molar-refractivity contribution in [2.45, 2.75) is 96.2 Å². The molecular formula is C28H42O2. The highest BCUT2D eigenvalue weighted by molar-refractivity contribution is 5.16. The second-order valence-electron chi connectivity index (χ2n) is 11.9. The van der Waals surface area contributed by atoms with E-state index in [1.807, 2.05) is 7.11 Å². The Bertz CT molecular complexity index is 746. The third kappa shape index (κ3) is 3.28. The minimum absolute atomic E-state index is 0.407. The van der Waals surface area contributed by atoms with Crippen LogP contribution in [0.15, 0.2) is 30.3 Å². The van der Waals surface area contributed by atoms with E-state index in [4.69, 9.17) is 4.74 Å². The lowest BCUT2D eigenvalue weighted by atomic mass is 9.44. The Kier molecular flexibility index (Phi) is 5.34. The summed E-state index contributed by atoms with van der Waals surface area (Å²) in [7, 11) is 1.93. The first-order valence-electron chi connectivity index (χ1n) is 12.7. The van der Waals surface area contributed by atoms with Crippen LogP contribution >= 0.6 is 0 Å². The van der Waals surface area contributed by atoms with Gasteiger partial charge in [-0.25, -0.2) is 0 Å². The van der Waals surface area contributed by atoms with E-state index in [1.165, 1.54) is 50.5 Å². The molecule has 1 aromatic rings. The molecule has 0 radical (unpaired) electrons. The molecule has 166 valence electrons. The molecule has 4 aliphatic rings. The van der Waals surface area contributed by atoms with Gasteiger partial charge in [0.1, 0.15) is 0 Å². The molecule has 0 heterocycles. The van der Waals surface area contributed by atoms with Crippen molar-refractivity contribution in [1.82, 2.24) is 0 Å². The fourth-order valence-corrected chi connectivity index (χ4v) is 8.91. The Morgan fingerprint density at radius 3 is 2.43 bits per heavy atom. The van der Waals surface area contributed by atoms with E-state index in [-0.39, 0.29) is 0 Å². The van der Waals surface area contributed by atoms with Crippen LogP contribution < -0.4 is 0 Å². The van der Waals surface area contributed by atoms with Crippen LogP contribution in [0.4, 0.5) is 0 Å². The van der Waals surface area contributed by atoms with E-state index >= 15 is 0 Å². The molecule has 30 heavy (non-hydrogen) atoms. The number of rotatable bonds is 4. The normalized spacial score (nSPS) is 47.9. The number of benzene rings is 1. The molecule has 0 unspecified atom stereocenters. The molecule has 4 fully saturated rings. The van der Waals surface area contributed by atoms with E-state index in [9.17, 15) is 5.11 Å².